The van der Waals surface area contributed by atoms with Gasteiger partial charge in [-0.15, -0.1) is 0 Å². The predicted molar refractivity (Wildman–Crippen MR) is 92.2 cm³/mol. The van der Waals surface area contributed by atoms with Crippen molar-refractivity contribution in [2.45, 2.75) is 13.5 Å². The number of rotatable bonds is 4. The van der Waals surface area contributed by atoms with Crippen LogP contribution >= 0.6 is 23.8 Å². The highest BCUT2D eigenvalue weighted by Crippen LogP contribution is 2.20. The average molecular weight is 321 g/mol. The summed E-state index contributed by atoms with van der Waals surface area (Å²) in [4.78, 5) is 0. The molecule has 5 heteroatoms. The van der Waals surface area contributed by atoms with Gasteiger partial charge in [-0.25, -0.2) is 0 Å². The Morgan fingerprint density at radius 2 is 1.90 bits per heavy atom. The first-order chi connectivity index (χ1) is 10.1. The summed E-state index contributed by atoms with van der Waals surface area (Å²) in [7, 11) is 1.65. The lowest BCUT2D eigenvalue weighted by atomic mass is 10.2. The van der Waals surface area contributed by atoms with Gasteiger partial charge < -0.3 is 15.4 Å². The summed E-state index contributed by atoms with van der Waals surface area (Å²) in [5.74, 6) is 0.832. The van der Waals surface area contributed by atoms with Gasteiger partial charge in [0.1, 0.15) is 5.75 Å². The SMILES string of the molecule is COc1ccc(NC(=S)NCc2ccc(Cl)cc2)c(C)c1. The normalized spacial score (nSPS) is 10.0. The van der Waals surface area contributed by atoms with E-state index in [0.29, 0.717) is 11.7 Å². The molecule has 3 nitrogen and oxygen atoms in total. The molecule has 0 amide bonds. The van der Waals surface area contributed by atoms with Crippen LogP contribution in [0.1, 0.15) is 11.1 Å². The highest BCUT2D eigenvalue weighted by molar-refractivity contribution is 7.80. The van der Waals surface area contributed by atoms with E-state index < -0.39 is 0 Å². The Kier molecular flexibility index (Phi) is 5.42. The minimum absolute atomic E-state index is 0.582. The molecule has 0 aliphatic carbocycles. The van der Waals surface area contributed by atoms with Gasteiger partial charge in [-0.05, 0) is 60.6 Å². The summed E-state index contributed by atoms with van der Waals surface area (Å²) in [5.41, 5.74) is 3.16. The lowest BCUT2D eigenvalue weighted by molar-refractivity contribution is 0.414. The summed E-state index contributed by atoms with van der Waals surface area (Å²) in [6.45, 7) is 2.66. The molecule has 2 aromatic carbocycles. The first kappa shape index (κ1) is 15.6. The van der Waals surface area contributed by atoms with E-state index >= 15 is 0 Å². The molecular weight excluding hydrogens is 304 g/mol. The highest BCUT2D eigenvalue weighted by atomic mass is 35.5. The van der Waals surface area contributed by atoms with Crippen molar-refractivity contribution in [3.8, 4) is 5.75 Å². The molecule has 2 N–H and O–H groups in total. The second-order valence-electron chi connectivity index (χ2n) is 4.61. The number of hydrogen-bond acceptors (Lipinski definition) is 2. The molecule has 0 unspecified atom stereocenters. The summed E-state index contributed by atoms with van der Waals surface area (Å²) >= 11 is 11.2. The van der Waals surface area contributed by atoms with Gasteiger partial charge >= 0.3 is 0 Å². The number of ether oxygens (including phenoxy) is 1. The van der Waals surface area contributed by atoms with Crippen LogP contribution in [-0.4, -0.2) is 12.2 Å². The molecule has 0 heterocycles. The maximum absolute atomic E-state index is 5.86. The van der Waals surface area contributed by atoms with Crippen LogP contribution in [-0.2, 0) is 6.54 Å². The molecule has 0 radical (unpaired) electrons. The van der Waals surface area contributed by atoms with Gasteiger partial charge in [0.2, 0.25) is 0 Å². The van der Waals surface area contributed by atoms with Gasteiger partial charge in [-0.1, -0.05) is 23.7 Å². The van der Waals surface area contributed by atoms with Crippen molar-refractivity contribution < 1.29 is 4.74 Å². The van der Waals surface area contributed by atoms with Crippen LogP contribution in [0.3, 0.4) is 0 Å². The molecule has 0 atom stereocenters. The third kappa shape index (κ3) is 4.62. The van der Waals surface area contributed by atoms with E-state index in [-0.39, 0.29) is 0 Å². The van der Waals surface area contributed by atoms with Crippen LogP contribution in [0.15, 0.2) is 42.5 Å². The van der Waals surface area contributed by atoms with E-state index in [1.165, 1.54) is 0 Å². The summed E-state index contributed by atoms with van der Waals surface area (Å²) in [6, 6.07) is 13.5. The Labute approximate surface area is 135 Å². The molecule has 0 saturated carbocycles. The quantitative estimate of drug-likeness (QED) is 0.829. The fourth-order valence-corrected chi connectivity index (χ4v) is 2.16. The monoisotopic (exact) mass is 320 g/mol. The van der Waals surface area contributed by atoms with Gasteiger partial charge in [-0.2, -0.15) is 0 Å². The maximum atomic E-state index is 5.86. The van der Waals surface area contributed by atoms with Gasteiger partial charge in [0.05, 0.1) is 7.11 Å². The minimum atomic E-state index is 0.582. The molecular formula is C16H17ClN2OS. The van der Waals surface area contributed by atoms with Gasteiger partial charge in [0, 0.05) is 17.3 Å². The second-order valence-corrected chi connectivity index (χ2v) is 5.46. The van der Waals surface area contributed by atoms with E-state index in [4.69, 9.17) is 28.6 Å². The molecule has 0 aliphatic rings. The number of hydrogen-bond donors (Lipinski definition) is 2. The van der Waals surface area contributed by atoms with Crippen LogP contribution in [0.4, 0.5) is 5.69 Å². The fourth-order valence-electron chi connectivity index (χ4n) is 1.85. The maximum Gasteiger partial charge on any atom is 0.171 e. The average Bonchev–Trinajstić information content (AvgIpc) is 2.48. The molecule has 2 rings (SSSR count). The van der Waals surface area contributed by atoms with Crippen molar-refractivity contribution >= 4 is 34.6 Å². The van der Waals surface area contributed by atoms with Crippen molar-refractivity contribution in [3.05, 3.63) is 58.6 Å². The van der Waals surface area contributed by atoms with Gasteiger partial charge in [0.15, 0.2) is 5.11 Å². The van der Waals surface area contributed by atoms with E-state index in [2.05, 4.69) is 10.6 Å². The minimum Gasteiger partial charge on any atom is -0.497 e. The number of methoxy groups -OCH3 is 1. The molecule has 21 heavy (non-hydrogen) atoms. The molecule has 110 valence electrons. The zero-order valence-electron chi connectivity index (χ0n) is 11.9. The van der Waals surface area contributed by atoms with Gasteiger partial charge in [-0.3, -0.25) is 0 Å². The Morgan fingerprint density at radius 1 is 1.19 bits per heavy atom. The van der Waals surface area contributed by atoms with Gasteiger partial charge in [0.25, 0.3) is 0 Å². The Hall–Kier alpha value is -1.78. The van der Waals surface area contributed by atoms with E-state index in [1.54, 1.807) is 7.11 Å². The molecule has 0 aliphatic heterocycles. The number of anilines is 1. The third-order valence-corrected chi connectivity index (χ3v) is 3.55. The highest BCUT2D eigenvalue weighted by Gasteiger charge is 2.03. The molecule has 0 saturated heterocycles. The number of aryl methyl sites for hydroxylation is 1. The van der Waals surface area contributed by atoms with Crippen molar-refractivity contribution in [1.82, 2.24) is 5.32 Å². The molecule has 0 bridgehead atoms. The number of nitrogens with one attached hydrogen (secondary N) is 2. The zero-order valence-corrected chi connectivity index (χ0v) is 13.5. The number of halogens is 1. The smallest absolute Gasteiger partial charge is 0.171 e. The summed E-state index contributed by atoms with van der Waals surface area (Å²) in [5, 5.41) is 7.66. The standard InChI is InChI=1S/C16H17ClN2OS/c1-11-9-14(20-2)7-8-15(11)19-16(21)18-10-12-3-5-13(17)6-4-12/h3-9H,10H2,1-2H3,(H2,18,19,21). The predicted octanol–water partition coefficient (Wildman–Crippen LogP) is 4.14. The number of thiocarbonyl (C=S) groups is 1. The molecule has 0 spiro atoms. The van der Waals surface area contributed by atoms with E-state index in [9.17, 15) is 0 Å². The Balaban J connectivity index is 1.91. The molecule has 0 fully saturated rings. The Bertz CT molecular complexity index is 629. The Morgan fingerprint density at radius 3 is 2.52 bits per heavy atom. The summed E-state index contributed by atoms with van der Waals surface area (Å²) in [6.07, 6.45) is 0. The van der Waals surface area contributed by atoms with Crippen LogP contribution < -0.4 is 15.4 Å². The fraction of sp³-hybridized carbons (Fsp3) is 0.188. The van der Waals surface area contributed by atoms with Crippen molar-refractivity contribution in [1.29, 1.82) is 0 Å². The van der Waals surface area contributed by atoms with Crippen LogP contribution in [0.25, 0.3) is 0 Å². The second kappa shape index (κ2) is 7.29. The lowest BCUT2D eigenvalue weighted by Crippen LogP contribution is -2.28. The summed E-state index contributed by atoms with van der Waals surface area (Å²) < 4.78 is 5.18. The lowest BCUT2D eigenvalue weighted by Gasteiger charge is -2.13. The molecule has 0 aromatic heterocycles. The van der Waals surface area contributed by atoms with Crippen LogP contribution in [0.2, 0.25) is 5.02 Å². The number of benzene rings is 2. The van der Waals surface area contributed by atoms with Crippen molar-refractivity contribution in [2.75, 3.05) is 12.4 Å². The van der Waals surface area contributed by atoms with Crippen molar-refractivity contribution in [2.24, 2.45) is 0 Å². The van der Waals surface area contributed by atoms with E-state index in [0.717, 1.165) is 27.6 Å². The van der Waals surface area contributed by atoms with Crippen LogP contribution in [0, 0.1) is 6.92 Å². The van der Waals surface area contributed by atoms with E-state index in [1.807, 2.05) is 49.4 Å². The van der Waals surface area contributed by atoms with Crippen LogP contribution in [0.5, 0.6) is 5.75 Å². The first-order valence-electron chi connectivity index (χ1n) is 6.52. The first-order valence-corrected chi connectivity index (χ1v) is 7.31. The largest absolute Gasteiger partial charge is 0.497 e. The van der Waals surface area contributed by atoms with Crippen molar-refractivity contribution in [3.63, 3.8) is 0 Å². The molecule has 2 aromatic rings. The third-order valence-electron chi connectivity index (χ3n) is 3.05. The zero-order chi connectivity index (χ0) is 15.2. The topological polar surface area (TPSA) is 33.3 Å².